The number of aryl methyl sites for hydroxylation is 1. The predicted octanol–water partition coefficient (Wildman–Crippen LogP) is 3.62. The average molecular weight is 404 g/mol. The molecule has 2 heterocycles. The summed E-state index contributed by atoms with van der Waals surface area (Å²) in [6.07, 6.45) is 0. The summed E-state index contributed by atoms with van der Waals surface area (Å²) in [6.45, 7) is 3.51. The molecule has 0 bridgehead atoms. The van der Waals surface area contributed by atoms with Gasteiger partial charge in [0.1, 0.15) is 18.5 Å². The van der Waals surface area contributed by atoms with Crippen LogP contribution in [0.1, 0.15) is 34.1 Å². The number of ether oxygens (including phenoxy) is 2. The number of hydrogen-bond donors (Lipinski definition) is 1. The van der Waals surface area contributed by atoms with Gasteiger partial charge in [0, 0.05) is 30.2 Å². The topological polar surface area (TPSA) is 79.5 Å². The van der Waals surface area contributed by atoms with Crippen LogP contribution in [0.3, 0.4) is 0 Å². The van der Waals surface area contributed by atoms with Crippen molar-refractivity contribution >= 4 is 22.6 Å². The van der Waals surface area contributed by atoms with E-state index in [2.05, 4.69) is 11.4 Å². The lowest BCUT2D eigenvalue weighted by Gasteiger charge is -2.27. The molecule has 154 valence electrons. The lowest BCUT2D eigenvalue weighted by Crippen LogP contribution is -2.29. The number of rotatable bonds is 5. The maximum Gasteiger partial charge on any atom is 0.340 e. The Morgan fingerprint density at radius 1 is 1.30 bits per heavy atom. The number of carbonyl (C=O) groups excluding carboxylic acids is 1. The first-order valence-corrected chi connectivity index (χ1v) is 9.89. The molecule has 0 aliphatic carbocycles. The molecule has 0 saturated carbocycles. The monoisotopic (exact) mass is 404 g/mol. The van der Waals surface area contributed by atoms with E-state index < -0.39 is 0 Å². The molecule has 1 N–H and O–H groups in total. The molecular formula is C23H24N4O3. The second-order valence-electron chi connectivity index (χ2n) is 7.35. The fourth-order valence-corrected chi connectivity index (χ4v) is 3.97. The number of fused-ring (bicyclic) bond motifs is 3. The maximum absolute atomic E-state index is 13.0. The van der Waals surface area contributed by atoms with Gasteiger partial charge in [-0.3, -0.25) is 4.90 Å². The highest BCUT2D eigenvalue weighted by atomic mass is 16.5. The first-order chi connectivity index (χ1) is 14.5. The van der Waals surface area contributed by atoms with Crippen LogP contribution in [0.4, 0.5) is 5.69 Å². The molecule has 0 fully saturated rings. The number of hydrogen-bond acceptors (Lipinski definition) is 6. The third-order valence-electron chi connectivity index (χ3n) is 5.35. The number of nitrogens with one attached hydrogen (secondary N) is 1. The fraction of sp³-hybridized carbons (Fsp3) is 0.304. The number of nitriles is 1. The SMILES string of the molecule is CCOC(=O)c1c(CNc2ccccc2)n(C)c2cc(C#N)c3c(c12)CN(C)CO3. The second-order valence-corrected chi connectivity index (χ2v) is 7.35. The van der Waals surface area contributed by atoms with Gasteiger partial charge in [-0.05, 0) is 32.2 Å². The molecule has 3 aromatic rings. The highest BCUT2D eigenvalue weighted by molar-refractivity contribution is 6.08. The highest BCUT2D eigenvalue weighted by Crippen LogP contribution is 2.39. The van der Waals surface area contributed by atoms with E-state index in [1.54, 1.807) is 13.0 Å². The predicted molar refractivity (Wildman–Crippen MR) is 114 cm³/mol. The van der Waals surface area contributed by atoms with E-state index in [1.807, 2.05) is 53.9 Å². The van der Waals surface area contributed by atoms with Crippen molar-refractivity contribution in [2.24, 2.45) is 7.05 Å². The van der Waals surface area contributed by atoms with Crippen LogP contribution in [-0.4, -0.2) is 35.8 Å². The first kappa shape index (κ1) is 19.8. The number of nitrogens with zero attached hydrogens (tertiary/aromatic N) is 3. The fourth-order valence-electron chi connectivity index (χ4n) is 3.97. The van der Waals surface area contributed by atoms with E-state index >= 15 is 0 Å². The zero-order valence-corrected chi connectivity index (χ0v) is 17.4. The lowest BCUT2D eigenvalue weighted by molar-refractivity contribution is 0.0527. The summed E-state index contributed by atoms with van der Waals surface area (Å²) in [5, 5.41) is 13.8. The Bertz CT molecular complexity index is 1150. The van der Waals surface area contributed by atoms with E-state index in [0.717, 1.165) is 27.8 Å². The minimum absolute atomic E-state index is 0.287. The minimum atomic E-state index is -0.368. The van der Waals surface area contributed by atoms with Gasteiger partial charge in [-0.25, -0.2) is 4.79 Å². The van der Waals surface area contributed by atoms with E-state index in [0.29, 0.717) is 36.7 Å². The van der Waals surface area contributed by atoms with Crippen LogP contribution < -0.4 is 10.1 Å². The number of carbonyl (C=O) groups is 1. The van der Waals surface area contributed by atoms with E-state index in [4.69, 9.17) is 9.47 Å². The second kappa shape index (κ2) is 8.09. The van der Waals surface area contributed by atoms with Gasteiger partial charge in [-0.15, -0.1) is 0 Å². The summed E-state index contributed by atoms with van der Waals surface area (Å²) in [7, 11) is 3.85. The normalized spacial score (nSPS) is 13.4. The lowest BCUT2D eigenvalue weighted by atomic mass is 9.99. The van der Waals surface area contributed by atoms with Crippen molar-refractivity contribution in [1.82, 2.24) is 9.47 Å². The number of esters is 1. The van der Waals surface area contributed by atoms with Crippen LogP contribution >= 0.6 is 0 Å². The Morgan fingerprint density at radius 3 is 2.77 bits per heavy atom. The summed E-state index contributed by atoms with van der Waals surface area (Å²) in [5.41, 5.74) is 4.43. The molecule has 0 amide bonds. The van der Waals surface area contributed by atoms with Gasteiger partial charge >= 0.3 is 5.97 Å². The summed E-state index contributed by atoms with van der Waals surface area (Å²) in [6, 6.07) is 13.9. The minimum Gasteiger partial charge on any atom is -0.476 e. The Balaban J connectivity index is 1.93. The molecule has 0 atom stereocenters. The molecule has 2 aromatic carbocycles. The Morgan fingerprint density at radius 2 is 2.07 bits per heavy atom. The van der Waals surface area contributed by atoms with Gasteiger partial charge in [-0.1, -0.05) is 18.2 Å². The summed E-state index contributed by atoms with van der Waals surface area (Å²) in [5.74, 6) is 0.190. The van der Waals surface area contributed by atoms with Crippen LogP contribution in [-0.2, 0) is 24.9 Å². The maximum atomic E-state index is 13.0. The zero-order valence-electron chi connectivity index (χ0n) is 17.4. The molecular weight excluding hydrogens is 380 g/mol. The zero-order chi connectivity index (χ0) is 21.3. The van der Waals surface area contributed by atoms with Gasteiger partial charge in [-0.2, -0.15) is 5.26 Å². The first-order valence-electron chi connectivity index (χ1n) is 9.89. The molecule has 1 aliphatic heterocycles. The molecule has 0 unspecified atom stereocenters. The van der Waals surface area contributed by atoms with Gasteiger partial charge < -0.3 is 19.4 Å². The van der Waals surface area contributed by atoms with Gasteiger partial charge in [0.05, 0.1) is 35.5 Å². The standard InChI is InChI=1S/C23H24N4O3/c1-4-29-23(28)21-19(12-25-16-8-6-5-7-9-16)27(3)18-10-15(11-24)22-17(20(18)21)13-26(2)14-30-22/h5-10,25H,4,12-14H2,1-3H3. The van der Waals surface area contributed by atoms with Gasteiger partial charge in [0.2, 0.25) is 0 Å². The van der Waals surface area contributed by atoms with Crippen LogP contribution in [0.5, 0.6) is 5.75 Å². The van der Waals surface area contributed by atoms with Crippen molar-refractivity contribution in [3.8, 4) is 11.8 Å². The van der Waals surface area contributed by atoms with Crippen LogP contribution in [0.2, 0.25) is 0 Å². The van der Waals surface area contributed by atoms with E-state index in [-0.39, 0.29) is 12.6 Å². The van der Waals surface area contributed by atoms with Crippen molar-refractivity contribution in [1.29, 1.82) is 5.26 Å². The summed E-state index contributed by atoms with van der Waals surface area (Å²) < 4.78 is 13.2. The van der Waals surface area contributed by atoms with Crippen molar-refractivity contribution in [3.63, 3.8) is 0 Å². The molecule has 1 aromatic heterocycles. The molecule has 30 heavy (non-hydrogen) atoms. The van der Waals surface area contributed by atoms with Crippen molar-refractivity contribution in [2.45, 2.75) is 20.0 Å². The average Bonchev–Trinajstić information content (AvgIpc) is 3.04. The number of anilines is 1. The summed E-state index contributed by atoms with van der Waals surface area (Å²) in [4.78, 5) is 15.0. The largest absolute Gasteiger partial charge is 0.476 e. The molecule has 1 aliphatic rings. The third-order valence-corrected chi connectivity index (χ3v) is 5.35. The Hall–Kier alpha value is -3.50. The van der Waals surface area contributed by atoms with Crippen LogP contribution in [0.25, 0.3) is 10.9 Å². The quantitative estimate of drug-likeness (QED) is 0.655. The van der Waals surface area contributed by atoms with Crippen LogP contribution in [0.15, 0.2) is 36.4 Å². The van der Waals surface area contributed by atoms with E-state index in [9.17, 15) is 10.1 Å². The van der Waals surface area contributed by atoms with Crippen LogP contribution in [0, 0.1) is 11.3 Å². The van der Waals surface area contributed by atoms with Crippen molar-refractivity contribution in [2.75, 3.05) is 25.7 Å². The molecule has 0 spiro atoms. The van der Waals surface area contributed by atoms with Gasteiger partial charge in [0.15, 0.2) is 0 Å². The van der Waals surface area contributed by atoms with E-state index in [1.165, 1.54) is 0 Å². The molecule has 0 radical (unpaired) electrons. The smallest absolute Gasteiger partial charge is 0.340 e. The van der Waals surface area contributed by atoms with Gasteiger partial charge in [0.25, 0.3) is 0 Å². The highest BCUT2D eigenvalue weighted by Gasteiger charge is 2.30. The molecule has 4 rings (SSSR count). The Kier molecular flexibility index (Phi) is 5.34. The number of aromatic nitrogens is 1. The number of benzene rings is 2. The molecule has 7 heteroatoms. The summed E-state index contributed by atoms with van der Waals surface area (Å²) >= 11 is 0. The number of para-hydroxylation sites is 1. The molecule has 7 nitrogen and oxygen atoms in total. The van der Waals surface area contributed by atoms with Crippen molar-refractivity contribution < 1.29 is 14.3 Å². The molecule has 0 saturated heterocycles. The third kappa shape index (κ3) is 3.36. The Labute approximate surface area is 175 Å². The van der Waals surface area contributed by atoms with Crippen molar-refractivity contribution in [3.05, 3.63) is 58.8 Å².